The van der Waals surface area contributed by atoms with E-state index in [1.807, 2.05) is 7.05 Å². The van der Waals surface area contributed by atoms with Crippen LogP contribution >= 0.6 is 0 Å². The molecule has 1 aromatic carbocycles. The van der Waals surface area contributed by atoms with E-state index >= 15 is 0 Å². The van der Waals surface area contributed by atoms with Crippen LogP contribution in [0.1, 0.15) is 23.7 Å². The molecular weight excluding hydrogens is 250 g/mol. The average Bonchev–Trinajstić information content (AvgIpc) is 2.71. The molecule has 2 heterocycles. The average molecular weight is 269 g/mol. The Labute approximate surface area is 118 Å². The summed E-state index contributed by atoms with van der Waals surface area (Å²) >= 11 is 0. The topological polar surface area (TPSA) is 60.1 Å². The number of nitrogens with two attached hydrogens (primary N) is 1. The first-order valence-corrected chi connectivity index (χ1v) is 6.83. The number of hydrogen-bond donors (Lipinski definition) is 2. The quantitative estimate of drug-likeness (QED) is 0.776. The molecule has 4 nitrogen and oxygen atoms in total. The van der Waals surface area contributed by atoms with Crippen LogP contribution in [-0.4, -0.2) is 17.0 Å². The van der Waals surface area contributed by atoms with E-state index in [1.54, 1.807) is 6.92 Å². The maximum Gasteiger partial charge on any atom is 0.246 e. The number of rotatable bonds is 1. The molecule has 4 heteroatoms. The van der Waals surface area contributed by atoms with Crippen molar-refractivity contribution in [2.75, 3.05) is 6.54 Å². The zero-order valence-corrected chi connectivity index (χ0v) is 12.1. The molecule has 20 heavy (non-hydrogen) atoms. The van der Waals surface area contributed by atoms with Crippen molar-refractivity contribution in [1.82, 2.24) is 9.88 Å². The van der Waals surface area contributed by atoms with E-state index in [4.69, 9.17) is 5.73 Å². The van der Waals surface area contributed by atoms with E-state index in [0.717, 1.165) is 24.4 Å². The van der Waals surface area contributed by atoms with Gasteiger partial charge in [0.2, 0.25) is 5.91 Å². The van der Waals surface area contributed by atoms with Crippen molar-refractivity contribution in [3.05, 3.63) is 40.6 Å². The summed E-state index contributed by atoms with van der Waals surface area (Å²) in [7, 11) is 2.04. The predicted molar refractivity (Wildman–Crippen MR) is 81.2 cm³/mol. The molecule has 0 saturated carbocycles. The Morgan fingerprint density at radius 3 is 2.85 bits per heavy atom. The third kappa shape index (κ3) is 1.72. The first-order chi connectivity index (χ1) is 9.50. The maximum atomic E-state index is 11.5. The maximum absolute atomic E-state index is 11.5. The van der Waals surface area contributed by atoms with Crippen molar-refractivity contribution < 1.29 is 4.79 Å². The van der Waals surface area contributed by atoms with E-state index in [0.29, 0.717) is 5.57 Å². The van der Waals surface area contributed by atoms with E-state index in [1.165, 1.54) is 22.0 Å². The number of primary amides is 1. The Balaban J connectivity index is 2.38. The van der Waals surface area contributed by atoms with Gasteiger partial charge in [0.25, 0.3) is 0 Å². The second-order valence-corrected chi connectivity index (χ2v) is 5.45. The second kappa shape index (κ2) is 4.40. The normalized spacial score (nSPS) is 16.8. The molecule has 0 atom stereocenters. The van der Waals surface area contributed by atoms with Crippen LogP contribution in [0.25, 0.3) is 16.6 Å². The van der Waals surface area contributed by atoms with Crippen LogP contribution in [0, 0.1) is 6.92 Å². The van der Waals surface area contributed by atoms with Gasteiger partial charge in [0.05, 0.1) is 11.4 Å². The minimum absolute atomic E-state index is 0.373. The molecular formula is C16H19N3O. The highest BCUT2D eigenvalue weighted by Crippen LogP contribution is 2.33. The van der Waals surface area contributed by atoms with Crippen molar-refractivity contribution >= 4 is 22.5 Å². The molecule has 0 spiro atoms. The number of amides is 1. The summed E-state index contributed by atoms with van der Waals surface area (Å²) in [6, 6.07) is 6.47. The van der Waals surface area contributed by atoms with Gasteiger partial charge in [-0.3, -0.25) is 4.79 Å². The minimum atomic E-state index is -0.373. The zero-order valence-electron chi connectivity index (χ0n) is 12.1. The lowest BCUT2D eigenvalue weighted by Crippen LogP contribution is -2.27. The minimum Gasteiger partial charge on any atom is -0.383 e. The van der Waals surface area contributed by atoms with Crippen molar-refractivity contribution in [1.29, 1.82) is 0 Å². The van der Waals surface area contributed by atoms with Crippen LogP contribution in [0.3, 0.4) is 0 Å². The lowest BCUT2D eigenvalue weighted by molar-refractivity contribution is -0.114. The van der Waals surface area contributed by atoms with Gasteiger partial charge in [-0.25, -0.2) is 0 Å². The Morgan fingerprint density at radius 1 is 1.40 bits per heavy atom. The summed E-state index contributed by atoms with van der Waals surface area (Å²) in [4.78, 5) is 11.5. The summed E-state index contributed by atoms with van der Waals surface area (Å²) in [5, 5.41) is 4.61. The van der Waals surface area contributed by atoms with E-state index in [2.05, 4.69) is 35.0 Å². The van der Waals surface area contributed by atoms with Crippen LogP contribution in [0.4, 0.5) is 0 Å². The molecule has 0 radical (unpaired) electrons. The van der Waals surface area contributed by atoms with E-state index in [-0.39, 0.29) is 5.91 Å². The molecule has 104 valence electrons. The number of nitrogens with one attached hydrogen (secondary N) is 1. The van der Waals surface area contributed by atoms with Gasteiger partial charge >= 0.3 is 0 Å². The molecule has 1 amide bonds. The summed E-state index contributed by atoms with van der Waals surface area (Å²) in [6.45, 7) is 4.72. The van der Waals surface area contributed by atoms with Crippen LogP contribution in [0.2, 0.25) is 0 Å². The molecule has 0 fully saturated rings. The second-order valence-electron chi connectivity index (χ2n) is 5.45. The SMILES string of the molecule is C/C(C(N)=O)=C1/NCCc2c1n(C)c1ccc(C)cc21. The van der Waals surface area contributed by atoms with Crippen LogP contribution in [0.15, 0.2) is 23.8 Å². The molecule has 1 aliphatic rings. The number of nitrogens with zero attached hydrogens (tertiary/aromatic N) is 1. The Morgan fingerprint density at radius 2 is 2.15 bits per heavy atom. The molecule has 3 rings (SSSR count). The highest BCUT2D eigenvalue weighted by Gasteiger charge is 2.24. The van der Waals surface area contributed by atoms with Crippen molar-refractivity contribution in [3.63, 3.8) is 0 Å². The molecule has 3 N–H and O–H groups in total. The van der Waals surface area contributed by atoms with Crippen molar-refractivity contribution in [2.24, 2.45) is 12.8 Å². The Kier molecular flexibility index (Phi) is 2.82. The third-order valence-corrected chi connectivity index (χ3v) is 4.12. The largest absolute Gasteiger partial charge is 0.383 e. The number of aromatic nitrogens is 1. The van der Waals surface area contributed by atoms with Gasteiger partial charge in [-0.05, 0) is 38.0 Å². The predicted octanol–water partition coefficient (Wildman–Crippen LogP) is 1.85. The number of fused-ring (bicyclic) bond motifs is 3. The van der Waals surface area contributed by atoms with Gasteiger partial charge in [-0.1, -0.05) is 11.6 Å². The fourth-order valence-electron chi connectivity index (χ4n) is 3.04. The molecule has 1 aliphatic heterocycles. The Hall–Kier alpha value is -2.23. The molecule has 1 aromatic heterocycles. The van der Waals surface area contributed by atoms with E-state index in [9.17, 15) is 4.79 Å². The molecule has 2 aromatic rings. The number of benzene rings is 1. The zero-order chi connectivity index (χ0) is 14.4. The molecule has 0 aliphatic carbocycles. The standard InChI is InChI=1S/C16H19N3O/c1-9-4-5-13-12(8-9)11-6-7-18-14(10(2)16(17)20)15(11)19(13)3/h4-5,8,18H,6-7H2,1-3H3,(H2,17,20)/b14-10-. The van der Waals surface area contributed by atoms with Gasteiger partial charge in [-0.15, -0.1) is 0 Å². The number of carbonyl (C=O) groups excluding carboxylic acids is 1. The van der Waals surface area contributed by atoms with Crippen LogP contribution < -0.4 is 11.1 Å². The molecule has 0 unspecified atom stereocenters. The van der Waals surface area contributed by atoms with Gasteiger partial charge in [-0.2, -0.15) is 0 Å². The van der Waals surface area contributed by atoms with Crippen molar-refractivity contribution in [3.8, 4) is 0 Å². The number of carbonyl (C=O) groups is 1. The summed E-state index contributed by atoms with van der Waals surface area (Å²) in [6.07, 6.45) is 0.964. The Bertz CT molecular complexity index is 753. The van der Waals surface area contributed by atoms with Crippen LogP contribution in [0.5, 0.6) is 0 Å². The van der Waals surface area contributed by atoms with Gasteiger partial charge in [0, 0.05) is 30.1 Å². The third-order valence-electron chi connectivity index (χ3n) is 4.12. The fraction of sp³-hybridized carbons (Fsp3) is 0.312. The first kappa shape index (κ1) is 12.8. The highest BCUT2D eigenvalue weighted by atomic mass is 16.1. The first-order valence-electron chi connectivity index (χ1n) is 6.83. The van der Waals surface area contributed by atoms with Crippen LogP contribution in [-0.2, 0) is 18.3 Å². The van der Waals surface area contributed by atoms with Gasteiger partial charge < -0.3 is 15.6 Å². The molecule has 0 saturated heterocycles. The van der Waals surface area contributed by atoms with Gasteiger partial charge in [0.1, 0.15) is 0 Å². The van der Waals surface area contributed by atoms with E-state index < -0.39 is 0 Å². The summed E-state index contributed by atoms with van der Waals surface area (Å²) in [5.41, 5.74) is 11.8. The van der Waals surface area contributed by atoms with Gasteiger partial charge in [0.15, 0.2) is 0 Å². The number of aryl methyl sites for hydroxylation is 2. The summed E-state index contributed by atoms with van der Waals surface area (Å²) in [5.74, 6) is -0.373. The molecule has 0 bridgehead atoms. The highest BCUT2D eigenvalue weighted by molar-refractivity contribution is 6.01. The summed E-state index contributed by atoms with van der Waals surface area (Å²) < 4.78 is 2.15. The smallest absolute Gasteiger partial charge is 0.246 e. The lowest BCUT2D eigenvalue weighted by atomic mass is 9.99. The lowest BCUT2D eigenvalue weighted by Gasteiger charge is -2.21. The monoisotopic (exact) mass is 269 g/mol. The van der Waals surface area contributed by atoms with Crippen molar-refractivity contribution in [2.45, 2.75) is 20.3 Å². The fourth-order valence-corrected chi connectivity index (χ4v) is 3.04. The number of hydrogen-bond acceptors (Lipinski definition) is 2.